The summed E-state index contributed by atoms with van der Waals surface area (Å²) in [5, 5.41) is 22.5. The Kier molecular flexibility index (Phi) is 8.28. The topological polar surface area (TPSA) is 136 Å². The van der Waals surface area contributed by atoms with Gasteiger partial charge in [-0.2, -0.15) is 10.2 Å². The molecule has 2 saturated heterocycles. The average Bonchev–Trinajstić information content (AvgIpc) is 3.95. The number of rotatable bonds is 8. The lowest BCUT2D eigenvalue weighted by molar-refractivity contribution is -0.132. The average molecular weight is 672 g/mol. The smallest absolute Gasteiger partial charge is 0.237 e. The highest BCUT2D eigenvalue weighted by Crippen LogP contribution is 2.43. The highest BCUT2D eigenvalue weighted by molar-refractivity contribution is 6.03. The van der Waals surface area contributed by atoms with E-state index in [0.29, 0.717) is 38.5 Å². The van der Waals surface area contributed by atoms with Gasteiger partial charge in [0.05, 0.1) is 24.1 Å². The van der Waals surface area contributed by atoms with Crippen LogP contribution in [0.2, 0.25) is 0 Å². The second-order valence-corrected chi connectivity index (χ2v) is 13.9. The van der Waals surface area contributed by atoms with Crippen LogP contribution in [0.4, 0.5) is 5.69 Å². The highest BCUT2D eigenvalue weighted by atomic mass is 16.3. The van der Waals surface area contributed by atoms with Crippen molar-refractivity contribution < 1.29 is 14.7 Å². The molecule has 2 fully saturated rings. The molecule has 2 N–H and O–H groups in total. The summed E-state index contributed by atoms with van der Waals surface area (Å²) >= 11 is 0. The van der Waals surface area contributed by atoms with Gasteiger partial charge in [0.2, 0.25) is 11.8 Å². The molecule has 256 valence electrons. The number of fused-ring (bicyclic) bond motifs is 1. The number of aliphatic hydroxyl groups excluding tert-OH is 1. The van der Waals surface area contributed by atoms with Crippen molar-refractivity contribution in [3.05, 3.63) is 84.5 Å². The van der Waals surface area contributed by atoms with Gasteiger partial charge in [0.15, 0.2) is 5.82 Å². The van der Waals surface area contributed by atoms with Crippen molar-refractivity contribution in [3.8, 4) is 22.6 Å². The molecule has 0 bridgehead atoms. The number of benzene rings is 2. The molecule has 5 aromatic rings. The number of nitrogens with one attached hydrogen (secondary N) is 1. The zero-order valence-corrected chi connectivity index (χ0v) is 28.4. The number of hydrogen-bond acceptors (Lipinski definition) is 8. The predicted molar refractivity (Wildman–Crippen MR) is 191 cm³/mol. The van der Waals surface area contributed by atoms with Crippen LogP contribution in [0.5, 0.6) is 0 Å². The third-order valence-electron chi connectivity index (χ3n) is 10.7. The third kappa shape index (κ3) is 5.88. The zero-order chi connectivity index (χ0) is 34.4. The molecule has 2 atom stereocenters. The summed E-state index contributed by atoms with van der Waals surface area (Å²) in [6.07, 6.45) is 7.97. The van der Waals surface area contributed by atoms with Gasteiger partial charge < -0.3 is 14.9 Å². The fourth-order valence-corrected chi connectivity index (χ4v) is 7.61. The number of nitrogens with zero attached hydrogens (tertiary/aromatic N) is 8. The van der Waals surface area contributed by atoms with E-state index in [1.807, 2.05) is 66.2 Å². The highest BCUT2D eigenvalue weighted by Gasteiger charge is 2.51. The summed E-state index contributed by atoms with van der Waals surface area (Å²) in [7, 11) is 1.86. The van der Waals surface area contributed by atoms with E-state index >= 15 is 0 Å². The number of pyridine rings is 1. The molecule has 0 saturated carbocycles. The second-order valence-electron chi connectivity index (χ2n) is 13.9. The van der Waals surface area contributed by atoms with Crippen molar-refractivity contribution in [1.82, 2.24) is 39.7 Å². The largest absolute Gasteiger partial charge is 0.396 e. The number of hydrogen-bond donors (Lipinski definition) is 2. The molecule has 6 heterocycles. The number of aromatic amines is 1. The minimum absolute atomic E-state index is 0.0356. The maximum absolute atomic E-state index is 14.0. The van der Waals surface area contributed by atoms with E-state index in [1.165, 1.54) is 5.57 Å². The van der Waals surface area contributed by atoms with Gasteiger partial charge in [0.1, 0.15) is 12.0 Å². The molecule has 0 radical (unpaired) electrons. The molecule has 50 heavy (non-hydrogen) atoms. The van der Waals surface area contributed by atoms with Crippen LogP contribution in [0.3, 0.4) is 0 Å². The van der Waals surface area contributed by atoms with Crippen molar-refractivity contribution in [2.45, 2.75) is 32.1 Å². The van der Waals surface area contributed by atoms with Gasteiger partial charge in [-0.15, -0.1) is 0 Å². The van der Waals surface area contributed by atoms with Crippen LogP contribution in [0.1, 0.15) is 43.4 Å². The lowest BCUT2D eigenvalue weighted by atomic mass is 9.85. The van der Waals surface area contributed by atoms with Gasteiger partial charge in [-0.25, -0.2) is 4.98 Å². The zero-order valence-electron chi connectivity index (χ0n) is 28.4. The molecule has 12 nitrogen and oxygen atoms in total. The molecule has 2 amide bonds. The Balaban J connectivity index is 0.892. The number of H-pyrrole nitrogens is 1. The van der Waals surface area contributed by atoms with E-state index in [-0.39, 0.29) is 24.3 Å². The first-order valence-electron chi connectivity index (χ1n) is 17.3. The van der Waals surface area contributed by atoms with E-state index < -0.39 is 5.41 Å². The van der Waals surface area contributed by atoms with Crippen molar-refractivity contribution in [1.29, 1.82) is 0 Å². The number of carbonyl (C=O) groups excluding carboxylic acids is 2. The van der Waals surface area contributed by atoms with Crippen molar-refractivity contribution in [2.75, 3.05) is 50.8 Å². The standard InChI is InChI=1S/C38H41N9O3/c1-25(22-48)32-9-7-29(20-39-32)35-31-19-30(8-10-33(31)41-42-35)47-18-14-38(37(47)50)13-17-45(23-38)21-34(49)46-15-11-27(12-16-46)26-3-5-28(6-4-26)36-40-24-44(2)43-36/h3-11,19-20,24-25,48H,12-18,21-23H2,1-2H3,(H,41,42)/t25?,38-/m0/s1. The molecular formula is C38H41N9O3. The monoisotopic (exact) mass is 671 g/mol. The number of aryl methyl sites for hydroxylation is 1. The molecule has 2 aromatic carbocycles. The Morgan fingerprint density at radius 2 is 1.80 bits per heavy atom. The van der Waals surface area contributed by atoms with E-state index in [9.17, 15) is 14.7 Å². The number of carbonyl (C=O) groups is 2. The second kappa shape index (κ2) is 12.9. The van der Waals surface area contributed by atoms with Crippen LogP contribution in [0.15, 0.2) is 73.2 Å². The molecule has 3 aliphatic heterocycles. The molecule has 8 rings (SSSR count). The van der Waals surface area contributed by atoms with Crippen molar-refractivity contribution >= 4 is 34.0 Å². The third-order valence-corrected chi connectivity index (χ3v) is 10.7. The van der Waals surface area contributed by atoms with Crippen LogP contribution in [0, 0.1) is 5.41 Å². The van der Waals surface area contributed by atoms with Crippen molar-refractivity contribution in [2.24, 2.45) is 12.5 Å². The van der Waals surface area contributed by atoms with E-state index in [4.69, 9.17) is 0 Å². The van der Waals surface area contributed by atoms with Gasteiger partial charge in [0, 0.05) is 73.2 Å². The Labute approximate surface area is 290 Å². The first-order chi connectivity index (χ1) is 24.3. The number of likely N-dealkylation sites (tertiary alicyclic amines) is 1. The maximum atomic E-state index is 14.0. The molecular weight excluding hydrogens is 630 g/mol. The Bertz CT molecular complexity index is 2080. The molecule has 3 aliphatic rings. The maximum Gasteiger partial charge on any atom is 0.237 e. The Morgan fingerprint density at radius 3 is 2.52 bits per heavy atom. The summed E-state index contributed by atoms with van der Waals surface area (Å²) in [4.78, 5) is 42.3. The van der Waals surface area contributed by atoms with Crippen LogP contribution < -0.4 is 4.90 Å². The van der Waals surface area contributed by atoms with Gasteiger partial charge in [0.25, 0.3) is 0 Å². The minimum atomic E-state index is -0.469. The molecule has 3 aromatic heterocycles. The summed E-state index contributed by atoms with van der Waals surface area (Å²) in [6.45, 7) is 5.56. The van der Waals surface area contributed by atoms with E-state index in [1.54, 1.807) is 17.2 Å². The summed E-state index contributed by atoms with van der Waals surface area (Å²) in [5.74, 6) is 0.921. The molecule has 1 unspecified atom stereocenters. The minimum Gasteiger partial charge on any atom is -0.396 e. The van der Waals surface area contributed by atoms with Gasteiger partial charge in [-0.3, -0.25) is 29.3 Å². The van der Waals surface area contributed by atoms with Gasteiger partial charge in [-0.05, 0) is 67.3 Å². The van der Waals surface area contributed by atoms with Gasteiger partial charge in [-0.1, -0.05) is 37.3 Å². The molecule has 12 heteroatoms. The SMILES string of the molecule is CC(CO)c1ccc(-c2n[nH]c3ccc(N4CC[C@]5(CCN(CC(=O)N6CC=C(c7ccc(-c8ncn(C)n8)cc7)CC6)C5)C4=O)cc23)cn1. The van der Waals surface area contributed by atoms with E-state index in [0.717, 1.165) is 70.5 Å². The Morgan fingerprint density at radius 1 is 1.00 bits per heavy atom. The molecule has 0 aliphatic carbocycles. The normalized spacial score (nSPS) is 20.3. The summed E-state index contributed by atoms with van der Waals surface area (Å²) in [6, 6.07) is 18.2. The predicted octanol–water partition coefficient (Wildman–Crippen LogP) is 4.26. The first-order valence-corrected chi connectivity index (χ1v) is 17.3. The summed E-state index contributed by atoms with van der Waals surface area (Å²) in [5.41, 5.74) is 7.14. The number of anilines is 1. The number of amides is 2. The lowest BCUT2D eigenvalue weighted by Gasteiger charge is -2.29. The number of aromatic nitrogens is 6. The van der Waals surface area contributed by atoms with Crippen LogP contribution in [-0.4, -0.2) is 103 Å². The van der Waals surface area contributed by atoms with Crippen LogP contribution in [0.25, 0.3) is 39.1 Å². The van der Waals surface area contributed by atoms with Gasteiger partial charge >= 0.3 is 0 Å². The summed E-state index contributed by atoms with van der Waals surface area (Å²) < 4.78 is 1.70. The number of aliphatic hydroxyl groups is 1. The van der Waals surface area contributed by atoms with Crippen LogP contribution in [-0.2, 0) is 16.6 Å². The van der Waals surface area contributed by atoms with Crippen molar-refractivity contribution in [3.63, 3.8) is 0 Å². The quantitative estimate of drug-likeness (QED) is 0.250. The lowest BCUT2D eigenvalue weighted by Crippen LogP contribution is -2.43. The fourth-order valence-electron chi connectivity index (χ4n) is 7.61. The first kappa shape index (κ1) is 32.0. The Hall–Kier alpha value is -5.20. The molecule has 1 spiro atoms. The fraction of sp³-hybridized carbons (Fsp3) is 0.368. The van der Waals surface area contributed by atoms with Crippen LogP contribution >= 0.6 is 0 Å². The van der Waals surface area contributed by atoms with E-state index in [2.05, 4.69) is 48.4 Å².